The van der Waals surface area contributed by atoms with Gasteiger partial charge in [-0.05, 0) is 35.9 Å². The molecule has 0 saturated carbocycles. The van der Waals surface area contributed by atoms with Crippen LogP contribution in [0.3, 0.4) is 0 Å². The van der Waals surface area contributed by atoms with Crippen molar-refractivity contribution in [2.24, 2.45) is 11.8 Å². The van der Waals surface area contributed by atoms with Crippen LogP contribution in [-0.2, 0) is 14.4 Å². The summed E-state index contributed by atoms with van der Waals surface area (Å²) in [7, 11) is 0. The molecule has 9 heteroatoms. The first-order chi connectivity index (χ1) is 17.5. The van der Waals surface area contributed by atoms with Gasteiger partial charge in [-0.15, -0.1) is 0 Å². The van der Waals surface area contributed by atoms with Gasteiger partial charge in [0.1, 0.15) is 6.04 Å². The molecule has 3 aromatic carbocycles. The number of hydrogen-bond donors (Lipinski definition) is 1. The van der Waals surface area contributed by atoms with Gasteiger partial charge in [-0.2, -0.15) is 0 Å². The number of nitro benzene ring substituents is 1. The van der Waals surface area contributed by atoms with Crippen LogP contribution in [0.2, 0.25) is 0 Å². The molecule has 3 aliphatic heterocycles. The van der Waals surface area contributed by atoms with Crippen LogP contribution in [0.15, 0.2) is 84.9 Å². The topological polar surface area (TPSA) is 113 Å². The molecule has 0 aliphatic carbocycles. The molecular weight excluding hydrogens is 460 g/mol. The Hall–Kier alpha value is -4.79. The van der Waals surface area contributed by atoms with Crippen molar-refractivity contribution in [2.45, 2.75) is 12.1 Å². The molecule has 2 saturated heterocycles. The van der Waals surface area contributed by atoms with Crippen LogP contribution in [0.25, 0.3) is 6.08 Å². The Kier molecular flexibility index (Phi) is 4.92. The maximum Gasteiger partial charge on any atom is 0.269 e. The molecule has 3 aliphatic rings. The Bertz CT molecular complexity index is 1440. The molecule has 2 fully saturated rings. The van der Waals surface area contributed by atoms with Gasteiger partial charge in [-0.25, -0.2) is 4.90 Å². The molecule has 0 spiro atoms. The summed E-state index contributed by atoms with van der Waals surface area (Å²) < 4.78 is 0. The fraction of sp³-hybridized carbons (Fsp3) is 0.148. The average Bonchev–Trinajstić information content (AvgIpc) is 3.37. The number of benzene rings is 3. The van der Waals surface area contributed by atoms with E-state index in [0.29, 0.717) is 11.4 Å². The third kappa shape index (κ3) is 3.20. The highest BCUT2D eigenvalue weighted by Gasteiger charge is 2.64. The van der Waals surface area contributed by atoms with Crippen LogP contribution in [-0.4, -0.2) is 34.7 Å². The maximum absolute atomic E-state index is 13.7. The molecule has 9 nitrogen and oxygen atoms in total. The van der Waals surface area contributed by atoms with E-state index in [1.807, 2.05) is 41.3 Å². The second-order valence-corrected chi connectivity index (χ2v) is 8.95. The summed E-state index contributed by atoms with van der Waals surface area (Å²) in [4.78, 5) is 54.6. The molecule has 3 heterocycles. The zero-order valence-electron chi connectivity index (χ0n) is 18.9. The smallest absolute Gasteiger partial charge is 0.269 e. The van der Waals surface area contributed by atoms with Gasteiger partial charge in [-0.1, -0.05) is 48.6 Å². The number of non-ortho nitro benzene ring substituents is 1. The van der Waals surface area contributed by atoms with Crippen LogP contribution < -0.4 is 15.1 Å². The predicted octanol–water partition coefficient (Wildman–Crippen LogP) is 3.62. The quantitative estimate of drug-likeness (QED) is 0.347. The van der Waals surface area contributed by atoms with Crippen LogP contribution in [0.4, 0.5) is 22.7 Å². The minimum absolute atomic E-state index is 0.0980. The zero-order chi connectivity index (χ0) is 25.0. The standard InChI is InChI=1S/C27H20N4O5/c32-25(28-17-11-13-19(14-12-17)31(35)36)24-23-22(21-15-10-16-6-4-5-9-20(16)30(21)24)26(33)29(27(23)34)18-7-2-1-3-8-18/h1-15,21-24H,(H,28,32)/t21-,22-,23+,24-/m0/s1. The normalized spacial score (nSPS) is 23.8. The Morgan fingerprint density at radius 2 is 1.53 bits per heavy atom. The monoisotopic (exact) mass is 480 g/mol. The third-order valence-electron chi connectivity index (χ3n) is 7.04. The van der Waals surface area contributed by atoms with Gasteiger partial charge in [-0.3, -0.25) is 24.5 Å². The number of fused-ring (bicyclic) bond motifs is 5. The summed E-state index contributed by atoms with van der Waals surface area (Å²) >= 11 is 0. The van der Waals surface area contributed by atoms with E-state index < -0.39 is 40.7 Å². The van der Waals surface area contributed by atoms with E-state index in [1.54, 1.807) is 30.3 Å². The van der Waals surface area contributed by atoms with E-state index in [4.69, 9.17) is 0 Å². The molecule has 36 heavy (non-hydrogen) atoms. The first-order valence-electron chi connectivity index (χ1n) is 11.5. The summed E-state index contributed by atoms with van der Waals surface area (Å²) in [6, 6.07) is 20.3. The average molecular weight is 480 g/mol. The summed E-state index contributed by atoms with van der Waals surface area (Å²) in [6.45, 7) is 0. The highest BCUT2D eigenvalue weighted by molar-refractivity contribution is 6.25. The third-order valence-corrected chi connectivity index (χ3v) is 7.04. The Balaban J connectivity index is 1.41. The lowest BCUT2D eigenvalue weighted by Crippen LogP contribution is -2.50. The number of nitrogens with one attached hydrogen (secondary N) is 1. The number of carbonyl (C=O) groups is 3. The number of amides is 3. The molecule has 0 radical (unpaired) electrons. The molecule has 6 rings (SSSR count). The largest absolute Gasteiger partial charge is 0.351 e. The van der Waals surface area contributed by atoms with E-state index >= 15 is 0 Å². The maximum atomic E-state index is 13.7. The molecule has 3 amide bonds. The second kappa shape index (κ2) is 8.16. The van der Waals surface area contributed by atoms with Gasteiger partial charge in [0, 0.05) is 23.5 Å². The lowest BCUT2D eigenvalue weighted by Gasteiger charge is -2.36. The Labute approximate surface area is 205 Å². The summed E-state index contributed by atoms with van der Waals surface area (Å²) in [5.41, 5.74) is 2.40. The van der Waals surface area contributed by atoms with Crippen LogP contribution in [0, 0.1) is 22.0 Å². The number of carbonyl (C=O) groups excluding carboxylic acids is 3. The molecule has 0 aromatic heterocycles. The van der Waals surface area contributed by atoms with E-state index in [9.17, 15) is 24.5 Å². The number of nitro groups is 1. The van der Waals surface area contributed by atoms with Crippen molar-refractivity contribution in [1.82, 2.24) is 0 Å². The molecule has 178 valence electrons. The van der Waals surface area contributed by atoms with Crippen LogP contribution in [0.1, 0.15) is 5.56 Å². The summed E-state index contributed by atoms with van der Waals surface area (Å²) in [5.74, 6) is -2.82. The number of anilines is 3. The molecule has 0 unspecified atom stereocenters. The van der Waals surface area contributed by atoms with Crippen molar-refractivity contribution in [3.8, 4) is 0 Å². The highest BCUT2D eigenvalue weighted by Crippen LogP contribution is 2.49. The van der Waals surface area contributed by atoms with E-state index in [2.05, 4.69) is 5.32 Å². The van der Waals surface area contributed by atoms with Crippen molar-refractivity contribution < 1.29 is 19.3 Å². The van der Waals surface area contributed by atoms with Crippen molar-refractivity contribution in [1.29, 1.82) is 0 Å². The van der Waals surface area contributed by atoms with Gasteiger partial charge in [0.2, 0.25) is 17.7 Å². The van der Waals surface area contributed by atoms with Crippen LogP contribution in [0.5, 0.6) is 0 Å². The van der Waals surface area contributed by atoms with Gasteiger partial charge in [0.05, 0.1) is 28.5 Å². The lowest BCUT2D eigenvalue weighted by molar-refractivity contribution is -0.384. The van der Waals surface area contributed by atoms with Gasteiger partial charge in [0.25, 0.3) is 5.69 Å². The van der Waals surface area contributed by atoms with Crippen molar-refractivity contribution in [2.75, 3.05) is 15.1 Å². The lowest BCUT2D eigenvalue weighted by atomic mass is 9.88. The van der Waals surface area contributed by atoms with Gasteiger partial charge >= 0.3 is 0 Å². The number of nitrogens with zero attached hydrogens (tertiary/aromatic N) is 3. The SMILES string of the molecule is O=C(Nc1ccc([N+](=O)[O-])cc1)[C@@H]1[C@@H]2C(=O)N(c3ccccc3)C(=O)[C@H]2[C@@H]2C=Cc3ccccc3N12. The molecular formula is C27H20N4O5. The Morgan fingerprint density at radius 1 is 0.861 bits per heavy atom. The molecule has 4 atom stereocenters. The van der Waals surface area contributed by atoms with E-state index in [-0.39, 0.29) is 11.6 Å². The first kappa shape index (κ1) is 21.7. The number of rotatable bonds is 4. The number of para-hydroxylation sites is 2. The second-order valence-electron chi connectivity index (χ2n) is 8.95. The van der Waals surface area contributed by atoms with Gasteiger partial charge in [0.15, 0.2) is 0 Å². The van der Waals surface area contributed by atoms with Crippen molar-refractivity contribution in [3.05, 3.63) is 101 Å². The number of hydrogen-bond acceptors (Lipinski definition) is 6. The highest BCUT2D eigenvalue weighted by atomic mass is 16.6. The van der Waals surface area contributed by atoms with Crippen molar-refractivity contribution >= 4 is 46.5 Å². The molecule has 0 bridgehead atoms. The summed E-state index contributed by atoms with van der Waals surface area (Å²) in [5, 5.41) is 13.8. The molecule has 3 aromatic rings. The minimum atomic E-state index is -0.952. The van der Waals surface area contributed by atoms with Crippen molar-refractivity contribution in [3.63, 3.8) is 0 Å². The first-order valence-corrected chi connectivity index (χ1v) is 11.5. The molecule has 1 N–H and O–H groups in total. The van der Waals surface area contributed by atoms with E-state index in [0.717, 1.165) is 11.3 Å². The summed E-state index contributed by atoms with van der Waals surface area (Å²) in [6.07, 6.45) is 3.81. The van der Waals surface area contributed by atoms with Gasteiger partial charge < -0.3 is 10.2 Å². The fourth-order valence-electron chi connectivity index (χ4n) is 5.53. The predicted molar refractivity (Wildman–Crippen MR) is 133 cm³/mol. The number of imide groups is 1. The fourth-order valence-corrected chi connectivity index (χ4v) is 5.53. The Morgan fingerprint density at radius 3 is 2.25 bits per heavy atom. The zero-order valence-corrected chi connectivity index (χ0v) is 18.9. The van der Waals surface area contributed by atoms with E-state index in [1.165, 1.54) is 29.2 Å². The minimum Gasteiger partial charge on any atom is -0.351 e. The van der Waals surface area contributed by atoms with Crippen LogP contribution >= 0.6 is 0 Å².